The molecule has 1 fully saturated rings. The van der Waals surface area contributed by atoms with Crippen molar-refractivity contribution in [1.29, 1.82) is 0 Å². The van der Waals surface area contributed by atoms with Crippen LogP contribution in [-0.2, 0) is 6.42 Å². The number of piperidine rings is 1. The van der Waals surface area contributed by atoms with Crippen LogP contribution >= 0.6 is 0 Å². The molecule has 1 aliphatic rings. The highest BCUT2D eigenvalue weighted by molar-refractivity contribution is 5.79. The molecule has 1 saturated heterocycles. The van der Waals surface area contributed by atoms with Gasteiger partial charge in [-0.25, -0.2) is 8.78 Å². The van der Waals surface area contributed by atoms with Crippen LogP contribution in [0.2, 0.25) is 0 Å². The number of likely N-dealkylation sites (tertiary alicyclic amines) is 1. The maximum Gasteiger partial charge on any atom is 0.191 e. The van der Waals surface area contributed by atoms with E-state index in [0.29, 0.717) is 30.5 Å². The van der Waals surface area contributed by atoms with Gasteiger partial charge in [-0.1, -0.05) is 13.8 Å². The third kappa shape index (κ3) is 6.61. The molecule has 0 aromatic heterocycles. The van der Waals surface area contributed by atoms with Gasteiger partial charge >= 0.3 is 0 Å². The van der Waals surface area contributed by atoms with E-state index in [2.05, 4.69) is 34.4 Å². The van der Waals surface area contributed by atoms with E-state index in [1.807, 2.05) is 0 Å². The van der Waals surface area contributed by atoms with Crippen molar-refractivity contribution >= 4 is 5.96 Å². The number of nitrogens with one attached hydrogen (secondary N) is 2. The second kappa shape index (κ2) is 9.70. The van der Waals surface area contributed by atoms with E-state index >= 15 is 0 Å². The van der Waals surface area contributed by atoms with Gasteiger partial charge in [-0.3, -0.25) is 4.99 Å². The van der Waals surface area contributed by atoms with Crippen molar-refractivity contribution in [3.05, 3.63) is 35.4 Å². The van der Waals surface area contributed by atoms with Gasteiger partial charge in [-0.05, 0) is 48.9 Å². The summed E-state index contributed by atoms with van der Waals surface area (Å²) < 4.78 is 26.8. The predicted octanol–water partition coefficient (Wildman–Crippen LogP) is 2.79. The van der Waals surface area contributed by atoms with Crippen molar-refractivity contribution in [2.45, 2.75) is 39.2 Å². The molecule has 2 rings (SSSR count). The molecule has 1 aromatic rings. The summed E-state index contributed by atoms with van der Waals surface area (Å²) >= 11 is 0. The SMILES string of the molecule is CN=C(NCCc1cc(F)ccc1F)NC1CCN(CC(C)C)CC1. The van der Waals surface area contributed by atoms with Crippen LogP contribution in [0.1, 0.15) is 32.3 Å². The Hall–Kier alpha value is -1.69. The average Bonchev–Trinajstić information content (AvgIpc) is 2.58. The number of nitrogens with zero attached hydrogens (tertiary/aromatic N) is 2. The quantitative estimate of drug-likeness (QED) is 0.611. The molecule has 140 valence electrons. The Morgan fingerprint density at radius 1 is 1.28 bits per heavy atom. The number of benzene rings is 1. The van der Waals surface area contributed by atoms with E-state index in [4.69, 9.17) is 0 Å². The summed E-state index contributed by atoms with van der Waals surface area (Å²) in [5.41, 5.74) is 0.380. The van der Waals surface area contributed by atoms with Gasteiger partial charge < -0.3 is 15.5 Å². The lowest BCUT2D eigenvalue weighted by molar-refractivity contribution is 0.187. The number of halogens is 2. The Morgan fingerprint density at radius 2 is 2.00 bits per heavy atom. The first kappa shape index (κ1) is 19.6. The highest BCUT2D eigenvalue weighted by Gasteiger charge is 2.20. The fourth-order valence-corrected chi connectivity index (χ4v) is 3.21. The van der Waals surface area contributed by atoms with Gasteiger partial charge in [0.15, 0.2) is 5.96 Å². The Labute approximate surface area is 149 Å². The zero-order valence-corrected chi connectivity index (χ0v) is 15.5. The first-order valence-corrected chi connectivity index (χ1v) is 9.11. The standard InChI is InChI=1S/C19H30F2N4/c1-14(2)13-25-10-7-17(8-11-25)24-19(22-3)23-9-6-15-12-16(20)4-5-18(15)21/h4-5,12,14,17H,6-11,13H2,1-3H3,(H2,22,23,24). The molecule has 0 amide bonds. The third-order valence-corrected chi connectivity index (χ3v) is 4.47. The zero-order valence-electron chi connectivity index (χ0n) is 15.5. The highest BCUT2D eigenvalue weighted by atomic mass is 19.1. The van der Waals surface area contributed by atoms with E-state index < -0.39 is 5.82 Å². The van der Waals surface area contributed by atoms with Gasteiger partial charge in [0, 0.05) is 39.3 Å². The molecule has 1 aromatic carbocycles. The third-order valence-electron chi connectivity index (χ3n) is 4.47. The Balaban J connectivity index is 1.73. The van der Waals surface area contributed by atoms with Crippen molar-refractivity contribution in [3.63, 3.8) is 0 Å². The second-order valence-electron chi connectivity index (χ2n) is 7.10. The summed E-state index contributed by atoms with van der Waals surface area (Å²) in [4.78, 5) is 6.74. The van der Waals surface area contributed by atoms with Crippen LogP contribution in [-0.4, -0.2) is 50.1 Å². The fraction of sp³-hybridized carbons (Fsp3) is 0.632. The number of hydrogen-bond acceptors (Lipinski definition) is 2. The molecule has 0 bridgehead atoms. The number of hydrogen-bond donors (Lipinski definition) is 2. The minimum Gasteiger partial charge on any atom is -0.356 e. The van der Waals surface area contributed by atoms with Crippen molar-refractivity contribution in [1.82, 2.24) is 15.5 Å². The Bertz CT molecular complexity index is 567. The number of rotatable bonds is 6. The van der Waals surface area contributed by atoms with Crippen LogP contribution in [0.4, 0.5) is 8.78 Å². The molecular weight excluding hydrogens is 322 g/mol. The normalized spacial score (nSPS) is 17.1. The molecule has 4 nitrogen and oxygen atoms in total. The van der Waals surface area contributed by atoms with Crippen LogP contribution in [0.15, 0.2) is 23.2 Å². The fourth-order valence-electron chi connectivity index (χ4n) is 3.21. The lowest BCUT2D eigenvalue weighted by Gasteiger charge is -2.34. The Kier molecular flexibility index (Phi) is 7.62. The maximum atomic E-state index is 13.6. The average molecular weight is 352 g/mol. The van der Waals surface area contributed by atoms with E-state index in [0.717, 1.165) is 44.5 Å². The van der Waals surface area contributed by atoms with Gasteiger partial charge in [-0.2, -0.15) is 0 Å². The minimum absolute atomic E-state index is 0.372. The van der Waals surface area contributed by atoms with E-state index in [-0.39, 0.29) is 5.82 Å². The molecular formula is C19H30F2N4. The second-order valence-corrected chi connectivity index (χ2v) is 7.10. The molecule has 1 aliphatic heterocycles. The maximum absolute atomic E-state index is 13.6. The van der Waals surface area contributed by atoms with Crippen molar-refractivity contribution in [2.75, 3.05) is 33.2 Å². The van der Waals surface area contributed by atoms with Crippen LogP contribution in [0.3, 0.4) is 0 Å². The molecule has 0 saturated carbocycles. The topological polar surface area (TPSA) is 39.7 Å². The largest absolute Gasteiger partial charge is 0.356 e. The summed E-state index contributed by atoms with van der Waals surface area (Å²) in [7, 11) is 1.73. The highest BCUT2D eigenvalue weighted by Crippen LogP contribution is 2.12. The van der Waals surface area contributed by atoms with Gasteiger partial charge in [0.25, 0.3) is 0 Å². The summed E-state index contributed by atoms with van der Waals surface area (Å²) in [6.45, 7) is 8.35. The van der Waals surface area contributed by atoms with Crippen LogP contribution < -0.4 is 10.6 Å². The molecule has 0 atom stereocenters. The first-order valence-electron chi connectivity index (χ1n) is 9.11. The van der Waals surface area contributed by atoms with Gasteiger partial charge in [0.2, 0.25) is 0 Å². The zero-order chi connectivity index (χ0) is 18.2. The summed E-state index contributed by atoms with van der Waals surface area (Å²) in [5.74, 6) is 0.636. The van der Waals surface area contributed by atoms with Crippen LogP contribution in [0.25, 0.3) is 0 Å². The monoisotopic (exact) mass is 352 g/mol. The van der Waals surface area contributed by atoms with Crippen molar-refractivity contribution in [3.8, 4) is 0 Å². The molecule has 0 aliphatic carbocycles. The predicted molar refractivity (Wildman–Crippen MR) is 98.9 cm³/mol. The smallest absolute Gasteiger partial charge is 0.191 e. The number of guanidine groups is 1. The van der Waals surface area contributed by atoms with Crippen molar-refractivity contribution < 1.29 is 8.78 Å². The molecule has 25 heavy (non-hydrogen) atoms. The van der Waals surface area contributed by atoms with Gasteiger partial charge in [-0.15, -0.1) is 0 Å². The summed E-state index contributed by atoms with van der Waals surface area (Å²) in [6.07, 6.45) is 2.59. The van der Waals surface area contributed by atoms with Crippen LogP contribution in [0.5, 0.6) is 0 Å². The molecule has 0 spiro atoms. The van der Waals surface area contributed by atoms with E-state index in [9.17, 15) is 8.78 Å². The Morgan fingerprint density at radius 3 is 2.64 bits per heavy atom. The lowest BCUT2D eigenvalue weighted by atomic mass is 10.0. The van der Waals surface area contributed by atoms with Gasteiger partial charge in [0.1, 0.15) is 11.6 Å². The van der Waals surface area contributed by atoms with E-state index in [1.54, 1.807) is 7.05 Å². The lowest BCUT2D eigenvalue weighted by Crippen LogP contribution is -2.49. The summed E-state index contributed by atoms with van der Waals surface area (Å²) in [5, 5.41) is 6.63. The molecule has 6 heteroatoms. The molecule has 1 heterocycles. The minimum atomic E-state index is -0.410. The molecule has 2 N–H and O–H groups in total. The van der Waals surface area contributed by atoms with Crippen molar-refractivity contribution in [2.24, 2.45) is 10.9 Å². The molecule has 0 radical (unpaired) electrons. The number of aliphatic imine (C=N–C) groups is 1. The molecule has 0 unspecified atom stereocenters. The van der Waals surface area contributed by atoms with E-state index in [1.165, 1.54) is 12.1 Å². The first-order chi connectivity index (χ1) is 12.0. The van der Waals surface area contributed by atoms with Gasteiger partial charge in [0.05, 0.1) is 0 Å². The summed E-state index contributed by atoms with van der Waals surface area (Å²) in [6, 6.07) is 3.96. The van der Waals surface area contributed by atoms with Crippen LogP contribution in [0, 0.1) is 17.6 Å².